The van der Waals surface area contributed by atoms with Crippen LogP contribution in [0.15, 0.2) is 36.0 Å². The fourth-order valence-corrected chi connectivity index (χ4v) is 3.55. The lowest BCUT2D eigenvalue weighted by Gasteiger charge is -2.12. The van der Waals surface area contributed by atoms with Crippen LogP contribution in [-0.2, 0) is 9.59 Å². The van der Waals surface area contributed by atoms with Gasteiger partial charge in [0.15, 0.2) is 5.65 Å². The number of nitrogens with one attached hydrogen (secondary N) is 3. The zero-order valence-corrected chi connectivity index (χ0v) is 17.0. The monoisotopic (exact) mass is 440 g/mol. The number of benzene rings is 1. The molecule has 3 aromatic rings. The molecule has 10 heteroatoms. The van der Waals surface area contributed by atoms with E-state index >= 15 is 0 Å². The Bertz CT molecular complexity index is 1250. The Kier molecular flexibility index (Phi) is 4.82. The molecule has 5 rings (SSSR count). The molecule has 0 spiro atoms. The highest BCUT2D eigenvalue weighted by Crippen LogP contribution is 2.30. The second-order valence-electron chi connectivity index (χ2n) is 7.66. The number of fused-ring (bicyclic) bond motifs is 1. The molecule has 2 aliphatic rings. The van der Waals surface area contributed by atoms with Crippen molar-refractivity contribution in [1.82, 2.24) is 19.9 Å². The number of anilines is 3. The summed E-state index contributed by atoms with van der Waals surface area (Å²) in [5.74, 6) is 0.460. The van der Waals surface area contributed by atoms with E-state index in [-0.39, 0.29) is 18.0 Å². The molecule has 3 N–H and O–H groups in total. The summed E-state index contributed by atoms with van der Waals surface area (Å²) in [6.07, 6.45) is 5.55. The molecule has 3 heterocycles. The maximum Gasteiger partial charge on any atom is 0.254 e. The van der Waals surface area contributed by atoms with Crippen LogP contribution in [0.25, 0.3) is 11.7 Å². The van der Waals surface area contributed by atoms with Gasteiger partial charge in [-0.15, -0.1) is 0 Å². The van der Waals surface area contributed by atoms with Gasteiger partial charge in [0.2, 0.25) is 5.91 Å². The first kappa shape index (κ1) is 19.5. The number of hydrogen-bond acceptors (Lipinski definition) is 6. The third-order valence-electron chi connectivity index (χ3n) is 5.18. The summed E-state index contributed by atoms with van der Waals surface area (Å²) in [6.45, 7) is 0.789. The van der Waals surface area contributed by atoms with Crippen molar-refractivity contribution in [3.63, 3.8) is 0 Å². The second-order valence-corrected chi connectivity index (χ2v) is 8.10. The van der Waals surface area contributed by atoms with Crippen LogP contribution < -0.4 is 16.0 Å². The number of rotatable bonds is 6. The Hall–Kier alpha value is -3.46. The molecule has 2 fully saturated rings. The summed E-state index contributed by atoms with van der Waals surface area (Å²) in [5, 5.41) is 13.4. The SMILES string of the molecule is O=C1CC(=Cc2cnn3c(NCC4CC4)cc(Nc4cc(Cl)ccc4F)nc23)C(=O)N1. The highest BCUT2D eigenvalue weighted by Gasteiger charge is 2.25. The standard InChI is InChI=1S/C21H18ClFN6O2/c22-14-3-4-15(23)16(7-14)26-17-8-18(24-9-11-1-2-11)29-20(27-17)13(10-25-29)5-12-6-19(30)28-21(12)31/h3-5,7-8,10-11,24H,1-2,6,9H2,(H,26,27)(H,28,30,31). The van der Waals surface area contributed by atoms with Crippen LogP contribution in [-0.4, -0.2) is 33.0 Å². The second kappa shape index (κ2) is 7.66. The van der Waals surface area contributed by atoms with Gasteiger partial charge in [-0.25, -0.2) is 9.37 Å². The quantitative estimate of drug-likeness (QED) is 0.400. The van der Waals surface area contributed by atoms with Crippen LogP contribution in [0, 0.1) is 11.7 Å². The van der Waals surface area contributed by atoms with Gasteiger partial charge in [0, 0.05) is 28.8 Å². The zero-order chi connectivity index (χ0) is 21.5. The smallest absolute Gasteiger partial charge is 0.254 e. The van der Waals surface area contributed by atoms with E-state index in [9.17, 15) is 14.0 Å². The molecular formula is C21H18ClFN6O2. The summed E-state index contributed by atoms with van der Waals surface area (Å²) < 4.78 is 15.9. The summed E-state index contributed by atoms with van der Waals surface area (Å²) in [5.41, 5.74) is 1.57. The first-order valence-corrected chi connectivity index (χ1v) is 10.2. The van der Waals surface area contributed by atoms with E-state index in [4.69, 9.17) is 11.6 Å². The fourth-order valence-electron chi connectivity index (χ4n) is 3.38. The Morgan fingerprint density at radius 2 is 2.13 bits per heavy atom. The molecule has 1 aliphatic heterocycles. The Labute approximate surface area is 181 Å². The maximum absolute atomic E-state index is 14.2. The average molecular weight is 441 g/mol. The van der Waals surface area contributed by atoms with Gasteiger partial charge >= 0.3 is 0 Å². The van der Waals surface area contributed by atoms with Gasteiger partial charge < -0.3 is 10.6 Å². The first-order valence-electron chi connectivity index (χ1n) is 9.86. The Balaban J connectivity index is 1.56. The zero-order valence-electron chi connectivity index (χ0n) is 16.3. The minimum atomic E-state index is -0.462. The lowest BCUT2D eigenvalue weighted by molar-refractivity contribution is -0.124. The summed E-state index contributed by atoms with van der Waals surface area (Å²) >= 11 is 6.00. The average Bonchev–Trinajstić information content (AvgIpc) is 3.40. The minimum Gasteiger partial charge on any atom is -0.370 e. The molecule has 1 saturated carbocycles. The molecule has 2 aromatic heterocycles. The highest BCUT2D eigenvalue weighted by molar-refractivity contribution is 6.30. The van der Waals surface area contributed by atoms with Crippen molar-refractivity contribution >= 4 is 52.5 Å². The van der Waals surface area contributed by atoms with Gasteiger partial charge in [0.1, 0.15) is 17.5 Å². The van der Waals surface area contributed by atoms with Gasteiger partial charge in [0.25, 0.3) is 5.91 Å². The molecule has 0 atom stereocenters. The van der Waals surface area contributed by atoms with Crippen molar-refractivity contribution < 1.29 is 14.0 Å². The molecular weight excluding hydrogens is 423 g/mol. The molecule has 8 nitrogen and oxygen atoms in total. The van der Waals surface area contributed by atoms with Crippen molar-refractivity contribution in [3.05, 3.63) is 52.4 Å². The molecule has 1 saturated heterocycles. The van der Waals surface area contributed by atoms with Crippen LogP contribution >= 0.6 is 11.6 Å². The van der Waals surface area contributed by atoms with Gasteiger partial charge in [-0.05, 0) is 43.0 Å². The summed E-state index contributed by atoms with van der Waals surface area (Å²) in [4.78, 5) is 28.0. The number of aromatic nitrogens is 3. The third-order valence-corrected chi connectivity index (χ3v) is 5.42. The fraction of sp³-hybridized carbons (Fsp3) is 0.238. The summed E-state index contributed by atoms with van der Waals surface area (Å²) in [7, 11) is 0. The number of hydrogen-bond donors (Lipinski definition) is 3. The van der Waals surface area contributed by atoms with E-state index in [0.29, 0.717) is 39.4 Å². The van der Waals surface area contributed by atoms with Crippen LogP contribution in [0.5, 0.6) is 0 Å². The predicted molar refractivity (Wildman–Crippen MR) is 115 cm³/mol. The number of amides is 2. The van der Waals surface area contributed by atoms with Gasteiger partial charge in [0.05, 0.1) is 18.3 Å². The van der Waals surface area contributed by atoms with E-state index in [0.717, 1.165) is 6.54 Å². The lowest BCUT2D eigenvalue weighted by Crippen LogP contribution is -2.19. The Morgan fingerprint density at radius 1 is 1.29 bits per heavy atom. The van der Waals surface area contributed by atoms with Crippen molar-refractivity contribution in [2.24, 2.45) is 5.92 Å². The topological polar surface area (TPSA) is 100 Å². The van der Waals surface area contributed by atoms with E-state index in [1.807, 2.05) is 0 Å². The van der Waals surface area contributed by atoms with Gasteiger partial charge in [-0.1, -0.05) is 11.6 Å². The van der Waals surface area contributed by atoms with Crippen LogP contribution in [0.1, 0.15) is 24.8 Å². The number of carbonyl (C=O) groups excluding carboxylic acids is 2. The molecule has 1 aliphatic carbocycles. The maximum atomic E-state index is 14.2. The molecule has 0 radical (unpaired) electrons. The molecule has 0 bridgehead atoms. The molecule has 158 valence electrons. The highest BCUT2D eigenvalue weighted by atomic mass is 35.5. The van der Waals surface area contributed by atoms with E-state index < -0.39 is 11.7 Å². The number of nitrogens with zero attached hydrogens (tertiary/aromatic N) is 3. The minimum absolute atomic E-state index is 0.00856. The van der Waals surface area contributed by atoms with E-state index in [1.54, 1.807) is 22.9 Å². The van der Waals surface area contributed by atoms with Crippen LogP contribution in [0.3, 0.4) is 0 Å². The summed E-state index contributed by atoms with van der Waals surface area (Å²) in [6, 6.07) is 5.97. The van der Waals surface area contributed by atoms with Crippen molar-refractivity contribution in [2.75, 3.05) is 17.2 Å². The van der Waals surface area contributed by atoms with E-state index in [2.05, 4.69) is 26.0 Å². The molecule has 0 unspecified atom stereocenters. The number of halogens is 2. The first-order chi connectivity index (χ1) is 15.0. The third kappa shape index (κ3) is 4.09. The van der Waals surface area contributed by atoms with E-state index in [1.165, 1.54) is 31.0 Å². The van der Waals surface area contributed by atoms with Crippen LogP contribution in [0.4, 0.5) is 21.7 Å². The van der Waals surface area contributed by atoms with Crippen LogP contribution in [0.2, 0.25) is 5.02 Å². The normalized spacial score (nSPS) is 17.4. The number of carbonyl (C=O) groups is 2. The molecule has 1 aromatic carbocycles. The molecule has 31 heavy (non-hydrogen) atoms. The number of imide groups is 1. The van der Waals surface area contributed by atoms with Gasteiger partial charge in [-0.2, -0.15) is 9.61 Å². The largest absolute Gasteiger partial charge is 0.370 e. The van der Waals surface area contributed by atoms with Gasteiger partial charge in [-0.3, -0.25) is 14.9 Å². The Morgan fingerprint density at radius 3 is 2.87 bits per heavy atom. The molecule has 2 amide bonds. The van der Waals surface area contributed by atoms with Crippen molar-refractivity contribution in [1.29, 1.82) is 0 Å². The van der Waals surface area contributed by atoms with Crippen molar-refractivity contribution in [3.8, 4) is 0 Å². The lowest BCUT2D eigenvalue weighted by atomic mass is 10.1. The van der Waals surface area contributed by atoms with Crippen molar-refractivity contribution in [2.45, 2.75) is 19.3 Å². The predicted octanol–water partition coefficient (Wildman–Crippen LogP) is 3.52.